The molecule has 0 bridgehead atoms. The summed E-state index contributed by atoms with van der Waals surface area (Å²) in [5.41, 5.74) is 0. The Balaban J connectivity index is 3.98. The Labute approximate surface area is 83.3 Å². The van der Waals surface area contributed by atoms with Crippen molar-refractivity contribution < 1.29 is 32.2 Å². The van der Waals surface area contributed by atoms with Crippen LogP contribution in [0.25, 0.3) is 0 Å². The van der Waals surface area contributed by atoms with E-state index in [1.807, 2.05) is 0 Å². The van der Waals surface area contributed by atoms with E-state index in [0.717, 1.165) is 0 Å². The third-order valence-electron chi connectivity index (χ3n) is 0.909. The molecule has 0 saturated heterocycles. The molecule has 0 aromatic heterocycles. The molecule has 4 nitrogen and oxygen atoms in total. The number of halogens is 3. The highest BCUT2D eigenvalue weighted by Gasteiger charge is 2.29. The van der Waals surface area contributed by atoms with Crippen molar-refractivity contribution in [3.8, 4) is 11.8 Å². The summed E-state index contributed by atoms with van der Waals surface area (Å²) in [5, 5.41) is 0. The third kappa shape index (κ3) is 8.62. The number of hydrogen-bond acceptors (Lipinski definition) is 4. The van der Waals surface area contributed by atoms with Crippen LogP contribution in [-0.4, -0.2) is 31.3 Å². The van der Waals surface area contributed by atoms with Crippen LogP contribution in [0.4, 0.5) is 13.2 Å². The molecule has 0 unspecified atom stereocenters. The van der Waals surface area contributed by atoms with E-state index in [1.54, 1.807) is 11.8 Å². The molecule has 0 aliphatic carbocycles. The standard InChI is InChI=1S/C8H7F3O4/c1-2-14-6(12)3-4-7(13)15-5-8(9,10)11/h2,5H2,1H3. The Morgan fingerprint density at radius 3 is 2.00 bits per heavy atom. The molecule has 0 spiro atoms. The van der Waals surface area contributed by atoms with Crippen molar-refractivity contribution in [3.63, 3.8) is 0 Å². The van der Waals surface area contributed by atoms with Crippen molar-refractivity contribution in [2.24, 2.45) is 0 Å². The monoisotopic (exact) mass is 224 g/mol. The molecule has 7 heteroatoms. The highest BCUT2D eigenvalue weighted by molar-refractivity contribution is 5.98. The average molecular weight is 224 g/mol. The first-order chi connectivity index (χ1) is 6.85. The lowest BCUT2D eigenvalue weighted by atomic mass is 10.5. The number of hydrogen-bond donors (Lipinski definition) is 0. The predicted octanol–water partition coefficient (Wildman–Crippen LogP) is 0.658. The van der Waals surface area contributed by atoms with Gasteiger partial charge in [0, 0.05) is 11.8 Å². The maximum Gasteiger partial charge on any atom is 0.422 e. The van der Waals surface area contributed by atoms with Crippen molar-refractivity contribution in [3.05, 3.63) is 0 Å². The molecule has 0 aromatic carbocycles. The summed E-state index contributed by atoms with van der Waals surface area (Å²) in [6.07, 6.45) is -4.61. The van der Waals surface area contributed by atoms with Gasteiger partial charge in [0.1, 0.15) is 0 Å². The molecular weight excluding hydrogens is 217 g/mol. The number of carbonyl (C=O) groups excluding carboxylic acids is 2. The molecule has 0 saturated carbocycles. The minimum atomic E-state index is -4.61. The summed E-state index contributed by atoms with van der Waals surface area (Å²) in [7, 11) is 0. The lowest BCUT2D eigenvalue weighted by molar-refractivity contribution is -0.182. The van der Waals surface area contributed by atoms with Gasteiger partial charge in [0.25, 0.3) is 0 Å². The minimum absolute atomic E-state index is 0.0606. The fourth-order valence-electron chi connectivity index (χ4n) is 0.453. The number of ether oxygens (including phenoxy) is 2. The first kappa shape index (κ1) is 13.3. The fraction of sp³-hybridized carbons (Fsp3) is 0.500. The molecule has 0 aromatic rings. The molecular formula is C8H7F3O4. The number of carbonyl (C=O) groups is 2. The van der Waals surface area contributed by atoms with Crippen LogP contribution in [0, 0.1) is 11.8 Å². The second-order valence-corrected chi connectivity index (χ2v) is 2.16. The van der Waals surface area contributed by atoms with Crippen LogP contribution in [0.3, 0.4) is 0 Å². The van der Waals surface area contributed by atoms with Crippen LogP contribution < -0.4 is 0 Å². The van der Waals surface area contributed by atoms with Crippen LogP contribution in [-0.2, 0) is 19.1 Å². The lowest BCUT2D eigenvalue weighted by Gasteiger charge is -2.03. The van der Waals surface area contributed by atoms with Gasteiger partial charge in [0.05, 0.1) is 6.61 Å². The zero-order valence-corrected chi connectivity index (χ0v) is 7.68. The van der Waals surface area contributed by atoms with E-state index in [-0.39, 0.29) is 6.61 Å². The molecule has 0 rings (SSSR count). The topological polar surface area (TPSA) is 52.6 Å². The largest absolute Gasteiger partial charge is 0.456 e. The van der Waals surface area contributed by atoms with Gasteiger partial charge in [0.2, 0.25) is 0 Å². The number of alkyl halides is 3. The van der Waals surface area contributed by atoms with Crippen LogP contribution >= 0.6 is 0 Å². The van der Waals surface area contributed by atoms with Crippen molar-refractivity contribution >= 4 is 11.9 Å². The predicted molar refractivity (Wildman–Crippen MR) is 41.4 cm³/mol. The Kier molecular flexibility index (Phi) is 5.23. The second-order valence-electron chi connectivity index (χ2n) is 2.16. The lowest BCUT2D eigenvalue weighted by Crippen LogP contribution is -2.19. The first-order valence-corrected chi connectivity index (χ1v) is 3.77. The van der Waals surface area contributed by atoms with E-state index in [4.69, 9.17) is 0 Å². The van der Waals surface area contributed by atoms with Gasteiger partial charge in [-0.05, 0) is 6.92 Å². The average Bonchev–Trinajstić information content (AvgIpc) is 2.11. The molecule has 0 N–H and O–H groups in total. The number of rotatable bonds is 2. The Hall–Kier alpha value is -1.71. The van der Waals surface area contributed by atoms with E-state index >= 15 is 0 Å². The molecule has 0 amide bonds. The van der Waals surface area contributed by atoms with Crippen LogP contribution in [0.1, 0.15) is 6.92 Å². The summed E-state index contributed by atoms with van der Waals surface area (Å²) < 4.78 is 42.5. The Bertz CT molecular complexity index is 297. The fourth-order valence-corrected chi connectivity index (χ4v) is 0.453. The van der Waals surface area contributed by atoms with E-state index < -0.39 is 24.7 Å². The van der Waals surface area contributed by atoms with Crippen molar-refractivity contribution in [2.75, 3.05) is 13.2 Å². The van der Waals surface area contributed by atoms with Gasteiger partial charge < -0.3 is 9.47 Å². The van der Waals surface area contributed by atoms with Gasteiger partial charge in [-0.25, -0.2) is 9.59 Å². The Morgan fingerprint density at radius 1 is 1.13 bits per heavy atom. The minimum Gasteiger partial charge on any atom is -0.456 e. The van der Waals surface area contributed by atoms with Crippen LogP contribution in [0.5, 0.6) is 0 Å². The van der Waals surface area contributed by atoms with Gasteiger partial charge in [-0.2, -0.15) is 13.2 Å². The molecule has 0 fully saturated rings. The van der Waals surface area contributed by atoms with E-state index in [9.17, 15) is 22.8 Å². The molecule has 0 radical (unpaired) electrons. The maximum atomic E-state index is 11.5. The SMILES string of the molecule is CCOC(=O)C#CC(=O)OCC(F)(F)F. The summed E-state index contributed by atoms with van der Waals surface area (Å²) in [5.74, 6) is 0.792. The molecule has 0 heterocycles. The van der Waals surface area contributed by atoms with Gasteiger partial charge >= 0.3 is 18.1 Å². The van der Waals surface area contributed by atoms with Gasteiger partial charge in [-0.15, -0.1) is 0 Å². The summed E-state index contributed by atoms with van der Waals surface area (Å²) >= 11 is 0. The van der Waals surface area contributed by atoms with E-state index in [0.29, 0.717) is 0 Å². The zero-order chi connectivity index (χ0) is 11.9. The molecule has 15 heavy (non-hydrogen) atoms. The highest BCUT2D eigenvalue weighted by atomic mass is 19.4. The maximum absolute atomic E-state index is 11.5. The molecule has 0 aliphatic rings. The summed E-state index contributed by atoms with van der Waals surface area (Å²) in [6, 6.07) is 0. The van der Waals surface area contributed by atoms with Crippen LogP contribution in [0.15, 0.2) is 0 Å². The van der Waals surface area contributed by atoms with E-state index in [1.165, 1.54) is 6.92 Å². The first-order valence-electron chi connectivity index (χ1n) is 3.77. The summed E-state index contributed by atoms with van der Waals surface area (Å²) in [4.78, 5) is 21.0. The Morgan fingerprint density at radius 2 is 1.60 bits per heavy atom. The quantitative estimate of drug-likeness (QED) is 0.392. The third-order valence-corrected chi connectivity index (χ3v) is 0.909. The van der Waals surface area contributed by atoms with Crippen molar-refractivity contribution in [2.45, 2.75) is 13.1 Å². The smallest absolute Gasteiger partial charge is 0.422 e. The van der Waals surface area contributed by atoms with Gasteiger partial charge in [-0.1, -0.05) is 0 Å². The van der Waals surface area contributed by atoms with Crippen molar-refractivity contribution in [1.29, 1.82) is 0 Å². The summed E-state index contributed by atoms with van der Waals surface area (Å²) in [6.45, 7) is -0.157. The molecule has 0 aliphatic heterocycles. The second kappa shape index (κ2) is 5.90. The van der Waals surface area contributed by atoms with Crippen LogP contribution in [0.2, 0.25) is 0 Å². The molecule has 84 valence electrons. The van der Waals surface area contributed by atoms with Gasteiger partial charge in [0.15, 0.2) is 6.61 Å². The van der Waals surface area contributed by atoms with Crippen molar-refractivity contribution in [1.82, 2.24) is 0 Å². The highest BCUT2D eigenvalue weighted by Crippen LogP contribution is 2.14. The molecule has 0 atom stereocenters. The van der Waals surface area contributed by atoms with E-state index in [2.05, 4.69) is 9.47 Å². The van der Waals surface area contributed by atoms with Gasteiger partial charge in [-0.3, -0.25) is 0 Å². The normalized spacial score (nSPS) is 9.87. The zero-order valence-electron chi connectivity index (χ0n) is 7.68. The number of esters is 2.